The lowest BCUT2D eigenvalue weighted by molar-refractivity contribution is 0.527. The molecule has 3 rings (SSSR count). The number of aromatic nitrogens is 2. The van der Waals surface area contributed by atoms with Crippen LogP contribution in [0.4, 0.5) is 5.69 Å². The molecule has 7 heteroatoms. The number of aryl methyl sites for hydroxylation is 1. The van der Waals surface area contributed by atoms with Crippen LogP contribution in [0.15, 0.2) is 18.2 Å². The molecule has 1 aliphatic rings. The Labute approximate surface area is 118 Å². The summed E-state index contributed by atoms with van der Waals surface area (Å²) in [6, 6.07) is 5.45. The Morgan fingerprint density at radius 3 is 2.65 bits per heavy atom. The Balaban J connectivity index is 1.99. The van der Waals surface area contributed by atoms with Crippen molar-refractivity contribution in [2.24, 2.45) is 7.05 Å². The zero-order chi connectivity index (χ0) is 14.5. The minimum atomic E-state index is -3.48. The summed E-state index contributed by atoms with van der Waals surface area (Å²) in [6.45, 7) is 0. The van der Waals surface area contributed by atoms with Crippen LogP contribution in [0.1, 0.15) is 24.6 Å². The van der Waals surface area contributed by atoms with E-state index >= 15 is 0 Å². The fourth-order valence-corrected chi connectivity index (χ4v) is 2.84. The van der Waals surface area contributed by atoms with E-state index in [2.05, 4.69) is 14.3 Å². The van der Waals surface area contributed by atoms with Crippen molar-refractivity contribution in [3.05, 3.63) is 24.0 Å². The summed E-state index contributed by atoms with van der Waals surface area (Å²) in [6.07, 6.45) is 2.38. The van der Waals surface area contributed by atoms with Crippen molar-refractivity contribution in [3.8, 4) is 0 Å². The van der Waals surface area contributed by atoms with Crippen molar-refractivity contribution in [1.29, 1.82) is 0 Å². The van der Waals surface area contributed by atoms with E-state index in [1.165, 1.54) is 26.9 Å². The monoisotopic (exact) mass is 294 g/mol. The fourth-order valence-electron chi connectivity index (χ4n) is 2.23. The molecule has 20 heavy (non-hydrogen) atoms. The molecule has 1 aliphatic carbocycles. The predicted octanol–water partition coefficient (Wildman–Crippen LogP) is 1.67. The number of rotatable bonds is 4. The molecular formula is C13H18N4O2S. The molecule has 0 atom stereocenters. The normalized spacial score (nSPS) is 16.0. The lowest BCUT2D eigenvalue weighted by atomic mass is 10.3. The van der Waals surface area contributed by atoms with Crippen LogP contribution in [0.25, 0.3) is 11.0 Å². The van der Waals surface area contributed by atoms with Gasteiger partial charge in [0.05, 0.1) is 16.7 Å². The summed E-state index contributed by atoms with van der Waals surface area (Å²) in [7, 11) is 1.51. The van der Waals surface area contributed by atoms with Gasteiger partial charge in [0.1, 0.15) is 5.82 Å². The minimum Gasteiger partial charge on any atom is -0.331 e. The van der Waals surface area contributed by atoms with Gasteiger partial charge in [-0.2, -0.15) is 12.7 Å². The summed E-state index contributed by atoms with van der Waals surface area (Å²) >= 11 is 0. The highest BCUT2D eigenvalue weighted by molar-refractivity contribution is 7.90. The molecular weight excluding hydrogens is 276 g/mol. The summed E-state index contributed by atoms with van der Waals surface area (Å²) in [4.78, 5) is 4.62. The first-order valence-corrected chi connectivity index (χ1v) is 7.99. The molecule has 0 saturated heterocycles. The molecule has 1 saturated carbocycles. The van der Waals surface area contributed by atoms with Crippen LogP contribution in [0.5, 0.6) is 0 Å². The van der Waals surface area contributed by atoms with E-state index in [9.17, 15) is 8.42 Å². The molecule has 0 aliphatic heterocycles. The molecule has 0 bridgehead atoms. The first-order valence-electron chi connectivity index (χ1n) is 6.55. The van der Waals surface area contributed by atoms with Crippen LogP contribution < -0.4 is 4.72 Å². The van der Waals surface area contributed by atoms with E-state index in [0.717, 1.165) is 21.2 Å². The number of fused-ring (bicyclic) bond motifs is 1. The van der Waals surface area contributed by atoms with E-state index in [1.807, 2.05) is 13.1 Å². The third-order valence-electron chi connectivity index (χ3n) is 3.59. The third kappa shape index (κ3) is 2.27. The van der Waals surface area contributed by atoms with E-state index in [0.29, 0.717) is 11.6 Å². The van der Waals surface area contributed by atoms with E-state index in [-0.39, 0.29) is 0 Å². The number of hydrogen-bond donors (Lipinski definition) is 1. The van der Waals surface area contributed by atoms with Crippen molar-refractivity contribution < 1.29 is 8.42 Å². The number of nitrogens with zero attached hydrogens (tertiary/aromatic N) is 3. The first kappa shape index (κ1) is 13.4. The highest BCUT2D eigenvalue weighted by atomic mass is 32.2. The van der Waals surface area contributed by atoms with Gasteiger partial charge < -0.3 is 4.57 Å². The van der Waals surface area contributed by atoms with Crippen LogP contribution in [-0.4, -0.2) is 36.4 Å². The second kappa shape index (κ2) is 4.46. The Bertz CT molecular complexity index is 760. The Hall–Kier alpha value is -1.60. The van der Waals surface area contributed by atoms with Crippen molar-refractivity contribution in [2.45, 2.75) is 18.8 Å². The van der Waals surface area contributed by atoms with Crippen molar-refractivity contribution in [3.63, 3.8) is 0 Å². The molecule has 1 aromatic carbocycles. The van der Waals surface area contributed by atoms with Crippen molar-refractivity contribution in [2.75, 3.05) is 18.8 Å². The summed E-state index contributed by atoms with van der Waals surface area (Å²) in [5.41, 5.74) is 2.39. The molecule has 0 amide bonds. The minimum absolute atomic E-state index is 0.534. The molecule has 108 valence electrons. The van der Waals surface area contributed by atoms with Gasteiger partial charge in [-0.1, -0.05) is 0 Å². The maximum absolute atomic E-state index is 11.8. The van der Waals surface area contributed by atoms with Crippen molar-refractivity contribution in [1.82, 2.24) is 13.9 Å². The van der Waals surface area contributed by atoms with Gasteiger partial charge in [0.2, 0.25) is 0 Å². The molecule has 1 N–H and O–H groups in total. The molecule has 0 spiro atoms. The highest BCUT2D eigenvalue weighted by Crippen LogP contribution is 2.40. The quantitative estimate of drug-likeness (QED) is 0.932. The zero-order valence-electron chi connectivity index (χ0n) is 11.8. The average molecular weight is 294 g/mol. The third-order valence-corrected chi connectivity index (χ3v) is 5.04. The lowest BCUT2D eigenvalue weighted by Gasteiger charge is -2.13. The van der Waals surface area contributed by atoms with Crippen LogP contribution in [-0.2, 0) is 17.3 Å². The van der Waals surface area contributed by atoms with Gasteiger partial charge in [0.25, 0.3) is 0 Å². The first-order chi connectivity index (χ1) is 9.38. The number of nitrogens with one attached hydrogen (secondary N) is 1. The number of benzene rings is 1. The topological polar surface area (TPSA) is 67.2 Å². The Kier molecular flexibility index (Phi) is 2.98. The van der Waals surface area contributed by atoms with Gasteiger partial charge in [0, 0.05) is 27.1 Å². The Morgan fingerprint density at radius 2 is 2.05 bits per heavy atom. The zero-order valence-corrected chi connectivity index (χ0v) is 12.6. The largest absolute Gasteiger partial charge is 0.331 e. The van der Waals surface area contributed by atoms with Crippen LogP contribution in [0.2, 0.25) is 0 Å². The van der Waals surface area contributed by atoms with Gasteiger partial charge in [0.15, 0.2) is 0 Å². The summed E-state index contributed by atoms with van der Waals surface area (Å²) < 4.78 is 29.4. The average Bonchev–Trinajstić information content (AvgIpc) is 3.15. The van der Waals surface area contributed by atoms with E-state index in [4.69, 9.17) is 0 Å². The van der Waals surface area contributed by atoms with E-state index in [1.54, 1.807) is 12.1 Å². The summed E-state index contributed by atoms with van der Waals surface area (Å²) in [5.74, 6) is 1.65. The highest BCUT2D eigenvalue weighted by Gasteiger charge is 2.28. The summed E-state index contributed by atoms with van der Waals surface area (Å²) in [5, 5.41) is 0. The molecule has 0 radical (unpaired) electrons. The molecule has 1 heterocycles. The number of anilines is 1. The van der Waals surface area contributed by atoms with Gasteiger partial charge >= 0.3 is 10.2 Å². The SMILES string of the molecule is CN(C)S(=O)(=O)Nc1ccc2c(c1)nc(C1CC1)n2C. The molecule has 2 aromatic rings. The standard InChI is InChI=1S/C13H18N4O2S/c1-16(2)20(18,19)15-10-6-7-12-11(8-10)14-13(17(12)3)9-4-5-9/h6-9,15H,4-5H2,1-3H3. The van der Waals surface area contributed by atoms with Gasteiger partial charge in [-0.15, -0.1) is 0 Å². The molecule has 0 unspecified atom stereocenters. The van der Waals surface area contributed by atoms with E-state index < -0.39 is 10.2 Å². The van der Waals surface area contributed by atoms with Crippen LogP contribution in [0.3, 0.4) is 0 Å². The smallest absolute Gasteiger partial charge is 0.301 e. The van der Waals surface area contributed by atoms with Crippen molar-refractivity contribution >= 4 is 26.9 Å². The number of hydrogen-bond acceptors (Lipinski definition) is 3. The lowest BCUT2D eigenvalue weighted by Crippen LogP contribution is -2.28. The van der Waals surface area contributed by atoms with Crippen LogP contribution in [0, 0.1) is 0 Å². The maximum atomic E-state index is 11.8. The van der Waals surface area contributed by atoms with Gasteiger partial charge in [-0.05, 0) is 31.0 Å². The molecule has 1 fully saturated rings. The fraction of sp³-hybridized carbons (Fsp3) is 0.462. The maximum Gasteiger partial charge on any atom is 0.301 e. The van der Waals surface area contributed by atoms with Gasteiger partial charge in [-0.25, -0.2) is 4.98 Å². The van der Waals surface area contributed by atoms with Crippen LogP contribution >= 0.6 is 0 Å². The number of imidazole rings is 1. The molecule has 6 nitrogen and oxygen atoms in total. The second-order valence-corrected chi connectivity index (χ2v) is 7.28. The predicted molar refractivity (Wildman–Crippen MR) is 78.9 cm³/mol. The second-order valence-electron chi connectivity index (χ2n) is 5.40. The Morgan fingerprint density at radius 1 is 1.35 bits per heavy atom. The van der Waals surface area contributed by atoms with Gasteiger partial charge in [-0.3, -0.25) is 4.72 Å². The molecule has 1 aromatic heterocycles.